The van der Waals surface area contributed by atoms with Gasteiger partial charge in [-0.15, -0.1) is 0 Å². The van der Waals surface area contributed by atoms with Gasteiger partial charge in [-0.05, 0) is 40.0 Å². The van der Waals surface area contributed by atoms with Crippen LogP contribution in [-0.2, 0) is 9.59 Å². The molecule has 1 heterocycles. The second kappa shape index (κ2) is 6.18. The highest BCUT2D eigenvalue weighted by Gasteiger charge is 2.29. The van der Waals surface area contributed by atoms with Gasteiger partial charge in [0.05, 0.1) is 11.5 Å². The van der Waals surface area contributed by atoms with Crippen LogP contribution >= 0.6 is 0 Å². The summed E-state index contributed by atoms with van der Waals surface area (Å²) in [4.78, 5) is 23.6. The summed E-state index contributed by atoms with van der Waals surface area (Å²) in [5.41, 5.74) is -0.579. The van der Waals surface area contributed by atoms with Gasteiger partial charge in [0.1, 0.15) is 0 Å². The van der Waals surface area contributed by atoms with Crippen LogP contribution in [0, 0.1) is 5.41 Å². The lowest BCUT2D eigenvalue weighted by molar-refractivity contribution is -0.130. The SMILES string of the molecule is CNC(=O)C(C)(C)CNC(=O)C1CCCC(C)N1. The first kappa shape index (κ1) is 15.0. The van der Waals surface area contributed by atoms with E-state index in [9.17, 15) is 9.59 Å². The van der Waals surface area contributed by atoms with E-state index in [1.54, 1.807) is 7.05 Å². The largest absolute Gasteiger partial charge is 0.359 e. The van der Waals surface area contributed by atoms with Crippen molar-refractivity contribution in [2.75, 3.05) is 13.6 Å². The topological polar surface area (TPSA) is 70.2 Å². The Kier molecular flexibility index (Phi) is 5.14. The van der Waals surface area contributed by atoms with Crippen LogP contribution in [-0.4, -0.2) is 37.5 Å². The third-order valence-electron chi connectivity index (χ3n) is 3.48. The fraction of sp³-hybridized carbons (Fsp3) is 0.846. The summed E-state index contributed by atoms with van der Waals surface area (Å²) in [5.74, 6) is -0.0636. The first-order valence-electron chi connectivity index (χ1n) is 6.63. The smallest absolute Gasteiger partial charge is 0.237 e. The van der Waals surface area contributed by atoms with Crippen LogP contribution in [0.1, 0.15) is 40.0 Å². The highest BCUT2D eigenvalue weighted by atomic mass is 16.2. The van der Waals surface area contributed by atoms with Gasteiger partial charge in [-0.1, -0.05) is 0 Å². The average Bonchev–Trinajstić information content (AvgIpc) is 2.35. The van der Waals surface area contributed by atoms with Crippen LogP contribution in [0.15, 0.2) is 0 Å². The molecule has 0 saturated carbocycles. The van der Waals surface area contributed by atoms with E-state index in [0.717, 1.165) is 19.3 Å². The van der Waals surface area contributed by atoms with Crippen molar-refractivity contribution in [2.24, 2.45) is 5.41 Å². The van der Waals surface area contributed by atoms with Gasteiger partial charge in [-0.2, -0.15) is 0 Å². The van der Waals surface area contributed by atoms with Gasteiger partial charge in [0.15, 0.2) is 0 Å². The monoisotopic (exact) mass is 255 g/mol. The van der Waals surface area contributed by atoms with Crippen molar-refractivity contribution >= 4 is 11.8 Å². The van der Waals surface area contributed by atoms with Crippen LogP contribution in [0.2, 0.25) is 0 Å². The molecular weight excluding hydrogens is 230 g/mol. The summed E-state index contributed by atoms with van der Waals surface area (Å²) in [5, 5.41) is 8.76. The molecule has 1 fully saturated rings. The minimum absolute atomic E-state index is 0.00136. The number of carbonyl (C=O) groups is 2. The van der Waals surface area contributed by atoms with Crippen molar-refractivity contribution in [2.45, 2.75) is 52.1 Å². The summed E-state index contributed by atoms with van der Waals surface area (Å²) >= 11 is 0. The molecule has 1 aliphatic heterocycles. The molecule has 2 atom stereocenters. The molecule has 0 spiro atoms. The van der Waals surface area contributed by atoms with E-state index in [-0.39, 0.29) is 17.9 Å². The second-order valence-corrected chi connectivity index (χ2v) is 5.73. The van der Waals surface area contributed by atoms with Gasteiger partial charge in [-0.3, -0.25) is 9.59 Å². The van der Waals surface area contributed by atoms with E-state index in [2.05, 4.69) is 22.9 Å². The second-order valence-electron chi connectivity index (χ2n) is 5.73. The first-order valence-corrected chi connectivity index (χ1v) is 6.63. The number of amides is 2. The Balaban J connectivity index is 2.43. The maximum atomic E-state index is 12.0. The number of nitrogens with one attached hydrogen (secondary N) is 3. The number of rotatable bonds is 4. The van der Waals surface area contributed by atoms with Crippen LogP contribution in [0.3, 0.4) is 0 Å². The zero-order chi connectivity index (χ0) is 13.8. The molecule has 0 aliphatic carbocycles. The number of hydrogen-bond acceptors (Lipinski definition) is 3. The molecule has 18 heavy (non-hydrogen) atoms. The summed E-state index contributed by atoms with van der Waals surface area (Å²) in [6.45, 7) is 6.10. The van der Waals surface area contributed by atoms with E-state index in [0.29, 0.717) is 12.6 Å². The van der Waals surface area contributed by atoms with Gasteiger partial charge in [0.2, 0.25) is 11.8 Å². The van der Waals surface area contributed by atoms with Crippen LogP contribution in [0.5, 0.6) is 0 Å². The number of carbonyl (C=O) groups excluding carboxylic acids is 2. The third kappa shape index (κ3) is 3.98. The molecule has 5 nitrogen and oxygen atoms in total. The van der Waals surface area contributed by atoms with Crippen molar-refractivity contribution in [3.8, 4) is 0 Å². The highest BCUT2D eigenvalue weighted by molar-refractivity contribution is 5.85. The van der Waals surface area contributed by atoms with Crippen LogP contribution < -0.4 is 16.0 Å². The molecule has 0 aromatic heterocycles. The van der Waals surface area contributed by atoms with Crippen LogP contribution in [0.25, 0.3) is 0 Å². The van der Waals surface area contributed by atoms with Gasteiger partial charge in [0, 0.05) is 19.6 Å². The maximum absolute atomic E-state index is 12.0. The van der Waals surface area contributed by atoms with E-state index >= 15 is 0 Å². The van der Waals surface area contributed by atoms with Gasteiger partial charge >= 0.3 is 0 Å². The Hall–Kier alpha value is -1.10. The number of piperidine rings is 1. The van der Waals surface area contributed by atoms with Crippen molar-refractivity contribution in [1.82, 2.24) is 16.0 Å². The maximum Gasteiger partial charge on any atom is 0.237 e. The van der Waals surface area contributed by atoms with Crippen molar-refractivity contribution in [3.05, 3.63) is 0 Å². The molecule has 0 aromatic carbocycles. The quantitative estimate of drug-likeness (QED) is 0.681. The Labute approximate surface area is 109 Å². The molecule has 1 saturated heterocycles. The lowest BCUT2D eigenvalue weighted by Crippen LogP contribution is -2.52. The predicted octanol–water partition coefficient (Wildman–Crippen LogP) is 0.405. The fourth-order valence-corrected chi connectivity index (χ4v) is 2.20. The zero-order valence-corrected chi connectivity index (χ0v) is 11.8. The molecular formula is C13H25N3O2. The summed E-state index contributed by atoms with van der Waals surface area (Å²) in [7, 11) is 1.61. The van der Waals surface area contributed by atoms with Crippen molar-refractivity contribution < 1.29 is 9.59 Å². The predicted molar refractivity (Wildman–Crippen MR) is 71.1 cm³/mol. The third-order valence-corrected chi connectivity index (χ3v) is 3.48. The van der Waals surface area contributed by atoms with Crippen molar-refractivity contribution in [1.29, 1.82) is 0 Å². The fourth-order valence-electron chi connectivity index (χ4n) is 2.20. The normalized spacial score (nSPS) is 24.4. The van der Waals surface area contributed by atoms with E-state index in [1.165, 1.54) is 0 Å². The number of hydrogen-bond donors (Lipinski definition) is 3. The molecule has 0 radical (unpaired) electrons. The highest BCUT2D eigenvalue weighted by Crippen LogP contribution is 2.15. The minimum atomic E-state index is -0.579. The molecule has 2 unspecified atom stereocenters. The Morgan fingerprint density at radius 2 is 2.00 bits per heavy atom. The Morgan fingerprint density at radius 1 is 1.33 bits per heavy atom. The molecule has 2 amide bonds. The van der Waals surface area contributed by atoms with Crippen LogP contribution in [0.4, 0.5) is 0 Å². The van der Waals surface area contributed by atoms with E-state index in [4.69, 9.17) is 0 Å². The zero-order valence-electron chi connectivity index (χ0n) is 11.8. The average molecular weight is 255 g/mol. The standard InChI is InChI=1S/C13H25N3O2/c1-9-6-5-7-10(16-9)11(17)15-8-13(2,3)12(18)14-4/h9-10,16H,5-8H2,1-4H3,(H,14,18)(H,15,17). The lowest BCUT2D eigenvalue weighted by Gasteiger charge is -2.29. The molecule has 104 valence electrons. The van der Waals surface area contributed by atoms with Gasteiger partial charge < -0.3 is 16.0 Å². The molecule has 1 rings (SSSR count). The lowest BCUT2D eigenvalue weighted by atomic mass is 9.92. The summed E-state index contributed by atoms with van der Waals surface area (Å²) in [6.07, 6.45) is 3.06. The van der Waals surface area contributed by atoms with E-state index < -0.39 is 5.41 Å². The molecule has 0 bridgehead atoms. The van der Waals surface area contributed by atoms with E-state index in [1.807, 2.05) is 13.8 Å². The minimum Gasteiger partial charge on any atom is -0.359 e. The summed E-state index contributed by atoms with van der Waals surface area (Å²) in [6, 6.07) is 0.274. The first-order chi connectivity index (χ1) is 8.36. The molecule has 0 aromatic rings. The Morgan fingerprint density at radius 3 is 2.56 bits per heavy atom. The van der Waals surface area contributed by atoms with Crippen molar-refractivity contribution in [3.63, 3.8) is 0 Å². The van der Waals surface area contributed by atoms with Gasteiger partial charge in [0.25, 0.3) is 0 Å². The summed E-state index contributed by atoms with van der Waals surface area (Å²) < 4.78 is 0. The molecule has 3 N–H and O–H groups in total. The van der Waals surface area contributed by atoms with Gasteiger partial charge in [-0.25, -0.2) is 0 Å². The molecule has 1 aliphatic rings. The Bertz CT molecular complexity index is 315. The molecule has 5 heteroatoms.